The van der Waals surface area contributed by atoms with Crippen LogP contribution in [0.3, 0.4) is 0 Å². The number of nitrogens with one attached hydrogen (secondary N) is 4. The van der Waals surface area contributed by atoms with Crippen LogP contribution in [-0.2, 0) is 9.53 Å². The lowest BCUT2D eigenvalue weighted by molar-refractivity contribution is -1.01. The van der Waals surface area contributed by atoms with Crippen molar-refractivity contribution < 1.29 is 24.1 Å². The number of esters is 1. The highest BCUT2D eigenvalue weighted by atomic mass is 16.5. The van der Waals surface area contributed by atoms with Gasteiger partial charge < -0.3 is 25.2 Å². The molecule has 0 aromatic heterocycles. The number of likely N-dealkylation sites (N-methyl/N-ethyl adjacent to an activating group) is 1. The number of carbonyl (C=O) groups excluding carboxylic acids is 2. The number of amides is 2. The third kappa shape index (κ3) is 4.36. The lowest BCUT2D eigenvalue weighted by atomic mass is 9.91. The molecule has 0 aliphatic carbocycles. The molecule has 1 saturated heterocycles. The SMILES string of the molecule is CC[NH+]1CC[NH+](CC2=C(C(=O)OC)[C@@H](c3ccc(C)cc3C)NC(=O)N2)CC1. The Morgan fingerprint density at radius 1 is 1.18 bits per heavy atom. The van der Waals surface area contributed by atoms with Crippen LogP contribution >= 0.6 is 0 Å². The molecule has 2 heterocycles. The minimum Gasteiger partial charge on any atom is -0.466 e. The lowest BCUT2D eigenvalue weighted by Gasteiger charge is -2.33. The third-order valence-corrected chi connectivity index (χ3v) is 5.89. The molecule has 7 nitrogen and oxygen atoms in total. The van der Waals surface area contributed by atoms with Crippen LogP contribution < -0.4 is 20.4 Å². The number of hydrogen-bond donors (Lipinski definition) is 4. The van der Waals surface area contributed by atoms with Crippen LogP contribution in [0.2, 0.25) is 0 Å². The summed E-state index contributed by atoms with van der Waals surface area (Å²) in [5.41, 5.74) is 4.29. The number of rotatable bonds is 5. The Kier molecular flexibility index (Phi) is 6.36. The number of urea groups is 1. The smallest absolute Gasteiger partial charge is 0.338 e. The predicted octanol–water partition coefficient (Wildman–Crippen LogP) is -1.11. The Balaban J connectivity index is 1.94. The van der Waals surface area contributed by atoms with Crippen LogP contribution in [-0.4, -0.2) is 58.4 Å². The van der Waals surface area contributed by atoms with E-state index in [2.05, 4.69) is 23.6 Å². The first-order chi connectivity index (χ1) is 13.4. The summed E-state index contributed by atoms with van der Waals surface area (Å²) in [6.07, 6.45) is 0. The molecule has 28 heavy (non-hydrogen) atoms. The Bertz CT molecular complexity index is 782. The van der Waals surface area contributed by atoms with E-state index in [0.29, 0.717) is 17.8 Å². The van der Waals surface area contributed by atoms with Crippen molar-refractivity contribution in [1.29, 1.82) is 0 Å². The molecule has 2 aliphatic heterocycles. The fourth-order valence-electron chi connectivity index (χ4n) is 4.23. The normalized spacial score (nSPS) is 25.1. The van der Waals surface area contributed by atoms with E-state index in [4.69, 9.17) is 4.74 Å². The second kappa shape index (κ2) is 8.75. The van der Waals surface area contributed by atoms with Gasteiger partial charge in [0.2, 0.25) is 0 Å². The van der Waals surface area contributed by atoms with Gasteiger partial charge in [0.05, 0.1) is 31.0 Å². The number of benzene rings is 1. The van der Waals surface area contributed by atoms with Crippen LogP contribution in [0.15, 0.2) is 29.5 Å². The van der Waals surface area contributed by atoms with Crippen molar-refractivity contribution in [1.82, 2.24) is 10.6 Å². The molecule has 0 spiro atoms. The summed E-state index contributed by atoms with van der Waals surface area (Å²) in [4.78, 5) is 28.1. The number of ether oxygens (including phenoxy) is 1. The van der Waals surface area contributed by atoms with E-state index in [9.17, 15) is 9.59 Å². The highest BCUT2D eigenvalue weighted by molar-refractivity contribution is 5.95. The van der Waals surface area contributed by atoms with Gasteiger partial charge in [-0.15, -0.1) is 0 Å². The second-order valence-electron chi connectivity index (χ2n) is 7.81. The monoisotopic (exact) mass is 388 g/mol. The van der Waals surface area contributed by atoms with Crippen LogP contribution in [0.5, 0.6) is 0 Å². The molecule has 152 valence electrons. The molecule has 7 heteroatoms. The summed E-state index contributed by atoms with van der Waals surface area (Å²) in [5.74, 6) is -0.398. The lowest BCUT2D eigenvalue weighted by Crippen LogP contribution is -3.28. The maximum Gasteiger partial charge on any atom is 0.338 e. The quantitative estimate of drug-likeness (QED) is 0.483. The summed E-state index contributed by atoms with van der Waals surface area (Å²) < 4.78 is 5.09. The van der Waals surface area contributed by atoms with E-state index in [1.54, 1.807) is 4.90 Å². The fourth-order valence-corrected chi connectivity index (χ4v) is 4.23. The van der Waals surface area contributed by atoms with Gasteiger partial charge in [0.1, 0.15) is 32.7 Å². The summed E-state index contributed by atoms with van der Waals surface area (Å²) in [5, 5.41) is 5.81. The first kappa shape index (κ1) is 20.4. The molecular weight excluding hydrogens is 356 g/mol. The van der Waals surface area contributed by atoms with Gasteiger partial charge in [-0.05, 0) is 31.9 Å². The van der Waals surface area contributed by atoms with Crippen LogP contribution in [0.4, 0.5) is 4.79 Å². The first-order valence-electron chi connectivity index (χ1n) is 10.1. The van der Waals surface area contributed by atoms with E-state index in [1.165, 1.54) is 12.0 Å². The topological polar surface area (TPSA) is 76.3 Å². The highest BCUT2D eigenvalue weighted by Crippen LogP contribution is 2.29. The zero-order valence-corrected chi connectivity index (χ0v) is 17.3. The molecule has 0 bridgehead atoms. The minimum atomic E-state index is -0.501. The van der Waals surface area contributed by atoms with Crippen LogP contribution in [0.1, 0.15) is 29.7 Å². The van der Waals surface area contributed by atoms with E-state index in [0.717, 1.165) is 49.4 Å². The Labute approximate surface area is 166 Å². The molecule has 1 aromatic carbocycles. The number of aryl methyl sites for hydroxylation is 2. The predicted molar refractivity (Wildman–Crippen MR) is 106 cm³/mol. The van der Waals surface area contributed by atoms with Crippen LogP contribution in [0.25, 0.3) is 0 Å². The molecule has 3 rings (SSSR count). The number of methoxy groups -OCH3 is 1. The average Bonchev–Trinajstić information content (AvgIpc) is 2.67. The summed E-state index contributed by atoms with van der Waals surface area (Å²) in [6, 6.07) is 5.28. The molecule has 1 atom stereocenters. The zero-order chi connectivity index (χ0) is 20.3. The minimum absolute atomic E-state index is 0.273. The highest BCUT2D eigenvalue weighted by Gasteiger charge is 2.36. The van der Waals surface area contributed by atoms with Gasteiger partial charge in [0, 0.05) is 0 Å². The van der Waals surface area contributed by atoms with Crippen LogP contribution in [0, 0.1) is 13.8 Å². The maximum atomic E-state index is 12.7. The van der Waals surface area contributed by atoms with Gasteiger partial charge in [0.15, 0.2) is 0 Å². The molecule has 1 fully saturated rings. The zero-order valence-electron chi connectivity index (χ0n) is 17.3. The standard InChI is InChI=1S/C21H30N4O3/c1-5-24-8-10-25(11-9-24)13-17-18(20(26)28-4)19(23-21(27)22-17)16-7-6-14(2)12-15(16)3/h6-7,12,19H,5,8-11,13H2,1-4H3,(H2,22,23,27)/p+2/t19-/m1/s1. The molecule has 2 amide bonds. The van der Waals surface area contributed by atoms with Gasteiger partial charge in [-0.25, -0.2) is 9.59 Å². The molecule has 2 aliphatic rings. The van der Waals surface area contributed by atoms with Crippen molar-refractivity contribution in [2.75, 3.05) is 46.4 Å². The van der Waals surface area contributed by atoms with Crippen molar-refractivity contribution in [2.24, 2.45) is 0 Å². The van der Waals surface area contributed by atoms with Gasteiger partial charge in [0.25, 0.3) is 0 Å². The summed E-state index contributed by atoms with van der Waals surface area (Å²) in [7, 11) is 1.39. The van der Waals surface area contributed by atoms with Gasteiger partial charge in [-0.3, -0.25) is 0 Å². The molecule has 0 unspecified atom stereocenters. The van der Waals surface area contributed by atoms with Crippen molar-refractivity contribution >= 4 is 12.0 Å². The van der Waals surface area contributed by atoms with Gasteiger partial charge in [-0.2, -0.15) is 0 Å². The number of quaternary nitrogens is 2. The van der Waals surface area contributed by atoms with E-state index >= 15 is 0 Å². The Morgan fingerprint density at radius 2 is 1.86 bits per heavy atom. The summed E-state index contributed by atoms with van der Waals surface area (Å²) in [6.45, 7) is 12.3. The number of carbonyl (C=O) groups is 2. The van der Waals surface area contributed by atoms with E-state index in [-0.39, 0.29) is 6.03 Å². The van der Waals surface area contributed by atoms with Crippen molar-refractivity contribution in [3.8, 4) is 0 Å². The maximum absolute atomic E-state index is 12.7. The number of piperazine rings is 1. The largest absolute Gasteiger partial charge is 0.466 e. The van der Waals surface area contributed by atoms with Gasteiger partial charge in [-0.1, -0.05) is 23.8 Å². The van der Waals surface area contributed by atoms with Gasteiger partial charge >= 0.3 is 12.0 Å². The Hall–Kier alpha value is -2.38. The fraction of sp³-hybridized carbons (Fsp3) is 0.524. The number of hydrogen-bond acceptors (Lipinski definition) is 3. The second-order valence-corrected chi connectivity index (χ2v) is 7.81. The molecule has 4 N–H and O–H groups in total. The van der Waals surface area contributed by atoms with E-state index < -0.39 is 12.0 Å². The Morgan fingerprint density at radius 3 is 2.46 bits per heavy atom. The molecular formula is C21H32N4O3+2. The van der Waals surface area contributed by atoms with Crippen molar-refractivity contribution in [3.05, 3.63) is 46.2 Å². The molecule has 0 saturated carbocycles. The summed E-state index contributed by atoms with van der Waals surface area (Å²) >= 11 is 0. The van der Waals surface area contributed by atoms with E-state index in [1.807, 2.05) is 26.0 Å². The third-order valence-electron chi connectivity index (χ3n) is 5.89. The average molecular weight is 389 g/mol. The molecule has 1 aromatic rings. The first-order valence-corrected chi connectivity index (χ1v) is 10.1. The van der Waals surface area contributed by atoms with Crippen molar-refractivity contribution in [3.63, 3.8) is 0 Å². The molecule has 0 radical (unpaired) electrons. The van der Waals surface area contributed by atoms with Crippen molar-refractivity contribution in [2.45, 2.75) is 26.8 Å².